The lowest BCUT2D eigenvalue weighted by Crippen LogP contribution is -2.48. The molecule has 3 rings (SSSR count). The summed E-state index contributed by atoms with van der Waals surface area (Å²) in [6.45, 7) is 2.07. The molecule has 2 aromatic carbocycles. The molecule has 1 aliphatic heterocycles. The highest BCUT2D eigenvalue weighted by atomic mass is 16.5. The van der Waals surface area contributed by atoms with Gasteiger partial charge in [0.05, 0.1) is 14.2 Å². The number of carbonyl (C=O) groups is 1. The monoisotopic (exact) mass is 370 g/mol. The van der Waals surface area contributed by atoms with Crippen LogP contribution in [0.15, 0.2) is 48.5 Å². The van der Waals surface area contributed by atoms with Crippen molar-refractivity contribution in [3.05, 3.63) is 59.7 Å². The number of hydrogen-bond donors (Lipinski definition) is 2. The van der Waals surface area contributed by atoms with E-state index in [2.05, 4.69) is 22.3 Å². The Balaban J connectivity index is 1.56. The maximum absolute atomic E-state index is 12.6. The lowest BCUT2D eigenvalue weighted by atomic mass is 10.0. The predicted octanol–water partition coefficient (Wildman–Crippen LogP) is 1.96. The maximum atomic E-state index is 12.6. The third-order valence-corrected chi connectivity index (χ3v) is 4.90. The van der Waals surface area contributed by atoms with Crippen molar-refractivity contribution in [2.75, 3.05) is 27.3 Å². The van der Waals surface area contributed by atoms with E-state index in [1.54, 1.807) is 20.3 Å². The van der Waals surface area contributed by atoms with Crippen molar-refractivity contribution in [2.45, 2.75) is 25.1 Å². The number of amides is 1. The van der Waals surface area contributed by atoms with E-state index in [0.29, 0.717) is 37.6 Å². The summed E-state index contributed by atoms with van der Waals surface area (Å²) in [4.78, 5) is 14.7. The summed E-state index contributed by atoms with van der Waals surface area (Å²) in [5.41, 5.74) is 0.696. The van der Waals surface area contributed by atoms with Crippen LogP contribution in [-0.2, 0) is 17.9 Å². The lowest BCUT2D eigenvalue weighted by molar-refractivity contribution is -0.138. The second-order valence-corrected chi connectivity index (χ2v) is 6.85. The number of rotatable bonds is 7. The average molecular weight is 370 g/mol. The number of nitrogens with zero attached hydrogens (tertiary/aromatic N) is 1. The van der Waals surface area contributed by atoms with Crippen molar-refractivity contribution >= 4 is 5.91 Å². The quantitative estimate of drug-likeness (QED) is 0.780. The first-order chi connectivity index (χ1) is 13.0. The van der Waals surface area contributed by atoms with Crippen LogP contribution >= 0.6 is 0 Å². The average Bonchev–Trinajstić information content (AvgIpc) is 3.08. The van der Waals surface area contributed by atoms with Gasteiger partial charge in [-0.2, -0.15) is 0 Å². The number of aliphatic hydroxyl groups is 1. The Kier molecular flexibility index (Phi) is 5.98. The Hall–Kier alpha value is -2.57. The topological polar surface area (TPSA) is 71.0 Å². The zero-order chi connectivity index (χ0) is 19.3. The van der Waals surface area contributed by atoms with E-state index in [4.69, 9.17) is 9.47 Å². The molecule has 2 aromatic rings. The molecule has 1 aliphatic rings. The summed E-state index contributed by atoms with van der Waals surface area (Å²) in [5, 5.41) is 13.6. The normalized spacial score (nSPS) is 19.7. The third-order valence-electron chi connectivity index (χ3n) is 4.90. The molecule has 0 radical (unpaired) electrons. The van der Waals surface area contributed by atoms with Crippen LogP contribution in [0.25, 0.3) is 0 Å². The molecule has 6 heteroatoms. The van der Waals surface area contributed by atoms with E-state index in [-0.39, 0.29) is 5.91 Å². The molecule has 0 aliphatic carbocycles. The van der Waals surface area contributed by atoms with Gasteiger partial charge in [-0.25, -0.2) is 0 Å². The van der Waals surface area contributed by atoms with Gasteiger partial charge in [0, 0.05) is 26.2 Å². The Labute approximate surface area is 159 Å². The Morgan fingerprint density at radius 1 is 1.11 bits per heavy atom. The molecule has 0 aromatic heterocycles. The van der Waals surface area contributed by atoms with E-state index in [9.17, 15) is 9.90 Å². The molecular weight excluding hydrogens is 344 g/mol. The van der Waals surface area contributed by atoms with E-state index >= 15 is 0 Å². The van der Waals surface area contributed by atoms with Crippen molar-refractivity contribution in [3.8, 4) is 11.5 Å². The number of nitrogens with one attached hydrogen (secondary N) is 1. The minimum Gasteiger partial charge on any atom is -0.493 e. The van der Waals surface area contributed by atoms with Gasteiger partial charge in [0.2, 0.25) is 0 Å². The molecule has 1 saturated heterocycles. The highest BCUT2D eigenvalue weighted by Crippen LogP contribution is 2.28. The van der Waals surface area contributed by atoms with Crippen LogP contribution < -0.4 is 14.8 Å². The molecule has 1 fully saturated rings. The van der Waals surface area contributed by atoms with Gasteiger partial charge in [0.25, 0.3) is 5.91 Å². The molecular formula is C21H26N2O4. The third kappa shape index (κ3) is 4.59. The van der Waals surface area contributed by atoms with Crippen LogP contribution in [-0.4, -0.2) is 48.8 Å². The van der Waals surface area contributed by atoms with Crippen molar-refractivity contribution in [2.24, 2.45) is 0 Å². The van der Waals surface area contributed by atoms with Gasteiger partial charge in [-0.1, -0.05) is 36.4 Å². The minimum atomic E-state index is -1.36. The van der Waals surface area contributed by atoms with E-state index in [1.165, 1.54) is 5.56 Å². The molecule has 144 valence electrons. The zero-order valence-electron chi connectivity index (χ0n) is 15.8. The fraction of sp³-hybridized carbons (Fsp3) is 0.381. The SMILES string of the molecule is COc1ccc(CNC(=O)[C@@]2(O)CCN(Cc3ccccc3)C2)cc1OC. The number of benzene rings is 2. The molecule has 0 unspecified atom stereocenters. The summed E-state index contributed by atoms with van der Waals surface area (Å²) >= 11 is 0. The summed E-state index contributed by atoms with van der Waals surface area (Å²) in [7, 11) is 3.15. The van der Waals surface area contributed by atoms with Gasteiger partial charge in [-0.3, -0.25) is 9.69 Å². The Bertz CT molecular complexity index is 781. The lowest BCUT2D eigenvalue weighted by Gasteiger charge is -2.23. The van der Waals surface area contributed by atoms with Crippen LogP contribution in [0, 0.1) is 0 Å². The van der Waals surface area contributed by atoms with Crippen LogP contribution in [0.2, 0.25) is 0 Å². The fourth-order valence-electron chi connectivity index (χ4n) is 3.37. The van der Waals surface area contributed by atoms with Gasteiger partial charge >= 0.3 is 0 Å². The van der Waals surface area contributed by atoms with Gasteiger partial charge < -0.3 is 19.9 Å². The molecule has 1 atom stereocenters. The second kappa shape index (κ2) is 8.41. The van der Waals surface area contributed by atoms with Crippen molar-refractivity contribution in [3.63, 3.8) is 0 Å². The molecule has 27 heavy (non-hydrogen) atoms. The standard InChI is InChI=1S/C21H26N2O4/c1-26-18-9-8-17(12-19(18)27-2)13-22-20(24)21(25)10-11-23(15-21)14-16-6-4-3-5-7-16/h3-9,12,25H,10-11,13-15H2,1-2H3,(H,22,24)/t21-/m1/s1. The number of ether oxygens (including phenoxy) is 2. The molecule has 0 saturated carbocycles. The van der Waals surface area contributed by atoms with Gasteiger partial charge in [0.1, 0.15) is 0 Å². The number of methoxy groups -OCH3 is 2. The number of hydrogen-bond acceptors (Lipinski definition) is 5. The molecule has 0 spiro atoms. The molecule has 1 heterocycles. The van der Waals surface area contributed by atoms with Gasteiger partial charge in [-0.05, 0) is 29.7 Å². The van der Waals surface area contributed by atoms with Crippen molar-refractivity contribution in [1.82, 2.24) is 10.2 Å². The summed E-state index contributed by atoms with van der Waals surface area (Å²) in [6.07, 6.45) is 0.428. The number of β-amino-alcohol motifs (C(OH)–C–C–N with tert-alkyl or cyclic N) is 1. The summed E-state index contributed by atoms with van der Waals surface area (Å²) in [5.74, 6) is 0.907. The first-order valence-electron chi connectivity index (χ1n) is 9.02. The Morgan fingerprint density at radius 2 is 1.85 bits per heavy atom. The molecule has 2 N–H and O–H groups in total. The first-order valence-corrected chi connectivity index (χ1v) is 9.02. The predicted molar refractivity (Wildman–Crippen MR) is 103 cm³/mol. The van der Waals surface area contributed by atoms with Crippen LogP contribution in [0.4, 0.5) is 0 Å². The zero-order valence-corrected chi connectivity index (χ0v) is 15.8. The molecule has 1 amide bonds. The van der Waals surface area contributed by atoms with Crippen LogP contribution in [0.1, 0.15) is 17.5 Å². The number of carbonyl (C=O) groups excluding carboxylic acids is 1. The summed E-state index contributed by atoms with van der Waals surface area (Å²) < 4.78 is 10.5. The van der Waals surface area contributed by atoms with Crippen LogP contribution in [0.3, 0.4) is 0 Å². The van der Waals surface area contributed by atoms with E-state index in [1.807, 2.05) is 30.3 Å². The second-order valence-electron chi connectivity index (χ2n) is 6.85. The molecule has 6 nitrogen and oxygen atoms in total. The van der Waals surface area contributed by atoms with Crippen molar-refractivity contribution < 1.29 is 19.4 Å². The maximum Gasteiger partial charge on any atom is 0.253 e. The highest BCUT2D eigenvalue weighted by Gasteiger charge is 2.42. The smallest absolute Gasteiger partial charge is 0.253 e. The van der Waals surface area contributed by atoms with E-state index in [0.717, 1.165) is 12.1 Å². The number of likely N-dealkylation sites (tertiary alicyclic amines) is 1. The fourth-order valence-corrected chi connectivity index (χ4v) is 3.37. The first kappa shape index (κ1) is 19.2. The highest BCUT2D eigenvalue weighted by molar-refractivity contribution is 5.85. The van der Waals surface area contributed by atoms with E-state index < -0.39 is 5.60 Å². The summed E-state index contributed by atoms with van der Waals surface area (Å²) in [6, 6.07) is 15.5. The largest absolute Gasteiger partial charge is 0.493 e. The minimum absolute atomic E-state index is 0.320. The Morgan fingerprint density at radius 3 is 2.56 bits per heavy atom. The van der Waals surface area contributed by atoms with Crippen molar-refractivity contribution in [1.29, 1.82) is 0 Å². The van der Waals surface area contributed by atoms with Crippen LogP contribution in [0.5, 0.6) is 11.5 Å². The molecule has 0 bridgehead atoms. The van der Waals surface area contributed by atoms with Gasteiger partial charge in [-0.15, -0.1) is 0 Å². The van der Waals surface area contributed by atoms with Gasteiger partial charge in [0.15, 0.2) is 17.1 Å².